The number of benzene rings is 1. The Balaban J connectivity index is 2.59. The summed E-state index contributed by atoms with van der Waals surface area (Å²) >= 11 is 0. The second-order valence-corrected chi connectivity index (χ2v) is 6.28. The highest BCUT2D eigenvalue weighted by atomic mass is 32.2. The first-order chi connectivity index (χ1) is 9.53. The summed E-state index contributed by atoms with van der Waals surface area (Å²) in [4.78, 5) is 1.65. The predicted octanol–water partition coefficient (Wildman–Crippen LogP) is 0.288. The van der Waals surface area contributed by atoms with Gasteiger partial charge in [-0.2, -0.15) is 0 Å². The first kappa shape index (κ1) is 16.9. The quantitative estimate of drug-likeness (QED) is 0.689. The van der Waals surface area contributed by atoms with Crippen molar-refractivity contribution in [3.63, 3.8) is 0 Å². The second-order valence-electron chi connectivity index (χ2n) is 4.51. The monoisotopic (exact) mass is 301 g/mol. The van der Waals surface area contributed by atoms with Gasteiger partial charge in [-0.05, 0) is 45.0 Å². The van der Waals surface area contributed by atoms with E-state index in [9.17, 15) is 8.42 Å². The molecule has 2 N–H and O–H groups in total. The zero-order chi connectivity index (χ0) is 15.0. The Morgan fingerprint density at radius 2 is 1.70 bits per heavy atom. The summed E-state index contributed by atoms with van der Waals surface area (Å²) in [6.45, 7) is 9.90. The van der Waals surface area contributed by atoms with E-state index in [4.69, 9.17) is 4.74 Å². The molecule has 6 heteroatoms. The summed E-state index contributed by atoms with van der Waals surface area (Å²) in [7, 11) is -3.42. The lowest BCUT2D eigenvalue weighted by Crippen LogP contribution is -3.12. The van der Waals surface area contributed by atoms with Crippen molar-refractivity contribution in [3.05, 3.63) is 24.3 Å². The molecule has 0 amide bonds. The molecule has 0 saturated heterocycles. The minimum atomic E-state index is -3.42. The topological polar surface area (TPSA) is 59.8 Å². The van der Waals surface area contributed by atoms with E-state index >= 15 is 0 Å². The highest BCUT2D eigenvalue weighted by molar-refractivity contribution is 7.89. The smallest absolute Gasteiger partial charge is 0.240 e. The predicted molar refractivity (Wildman–Crippen MR) is 79.7 cm³/mol. The van der Waals surface area contributed by atoms with E-state index in [2.05, 4.69) is 18.6 Å². The van der Waals surface area contributed by atoms with Crippen LogP contribution in [-0.2, 0) is 10.0 Å². The molecule has 1 aromatic rings. The zero-order valence-corrected chi connectivity index (χ0v) is 13.3. The molecule has 0 aliphatic heterocycles. The maximum absolute atomic E-state index is 12.1. The van der Waals surface area contributed by atoms with Crippen molar-refractivity contribution in [2.45, 2.75) is 25.7 Å². The Morgan fingerprint density at radius 1 is 1.10 bits per heavy atom. The Bertz CT molecular complexity index is 482. The second kappa shape index (κ2) is 8.24. The average Bonchev–Trinajstić information content (AvgIpc) is 2.44. The number of sulfonamides is 1. The molecular formula is C14H25N2O3S+. The van der Waals surface area contributed by atoms with Gasteiger partial charge in [-0.25, -0.2) is 13.1 Å². The summed E-state index contributed by atoms with van der Waals surface area (Å²) in [5, 5.41) is 0. The third-order valence-corrected chi connectivity index (χ3v) is 4.69. The van der Waals surface area contributed by atoms with Gasteiger partial charge in [0.25, 0.3) is 0 Å². The summed E-state index contributed by atoms with van der Waals surface area (Å²) in [6.07, 6.45) is 0. The molecular weight excluding hydrogens is 276 g/mol. The molecule has 0 fully saturated rings. The molecule has 0 aliphatic rings. The van der Waals surface area contributed by atoms with Crippen LogP contribution in [0.1, 0.15) is 20.8 Å². The van der Waals surface area contributed by atoms with Crippen molar-refractivity contribution in [2.75, 3.05) is 32.8 Å². The zero-order valence-electron chi connectivity index (χ0n) is 12.5. The molecule has 0 spiro atoms. The fourth-order valence-electron chi connectivity index (χ4n) is 1.93. The van der Waals surface area contributed by atoms with Gasteiger partial charge in [0, 0.05) is 0 Å². The largest absolute Gasteiger partial charge is 0.494 e. The van der Waals surface area contributed by atoms with Crippen molar-refractivity contribution in [1.82, 2.24) is 4.72 Å². The molecule has 0 aromatic heterocycles. The Morgan fingerprint density at radius 3 is 2.20 bits per heavy atom. The van der Waals surface area contributed by atoms with Crippen LogP contribution >= 0.6 is 0 Å². The molecule has 0 radical (unpaired) electrons. The molecule has 0 heterocycles. The van der Waals surface area contributed by atoms with Crippen LogP contribution in [0, 0.1) is 0 Å². The first-order valence-corrected chi connectivity index (χ1v) is 8.57. The molecule has 0 unspecified atom stereocenters. The van der Waals surface area contributed by atoms with Gasteiger partial charge in [0.1, 0.15) is 5.75 Å². The number of likely N-dealkylation sites (N-methyl/N-ethyl adjacent to an activating group) is 1. The van der Waals surface area contributed by atoms with Gasteiger partial charge >= 0.3 is 0 Å². The van der Waals surface area contributed by atoms with Crippen LogP contribution in [0.3, 0.4) is 0 Å². The van der Waals surface area contributed by atoms with E-state index in [1.54, 1.807) is 24.3 Å². The lowest BCUT2D eigenvalue weighted by atomic mass is 10.3. The van der Waals surface area contributed by atoms with E-state index in [0.29, 0.717) is 18.9 Å². The maximum atomic E-state index is 12.1. The van der Waals surface area contributed by atoms with Gasteiger partial charge in [-0.3, -0.25) is 0 Å². The normalized spacial score (nSPS) is 11.8. The van der Waals surface area contributed by atoms with Crippen molar-refractivity contribution >= 4 is 10.0 Å². The number of hydrogen-bond acceptors (Lipinski definition) is 3. The highest BCUT2D eigenvalue weighted by Crippen LogP contribution is 2.15. The number of hydrogen-bond donors (Lipinski definition) is 2. The molecule has 0 atom stereocenters. The Kier molecular flexibility index (Phi) is 6.98. The van der Waals surface area contributed by atoms with Crippen LogP contribution in [-0.4, -0.2) is 41.2 Å². The van der Waals surface area contributed by atoms with Crippen LogP contribution in [0.25, 0.3) is 0 Å². The minimum Gasteiger partial charge on any atom is -0.494 e. The maximum Gasteiger partial charge on any atom is 0.240 e. The molecule has 0 bridgehead atoms. The molecule has 114 valence electrons. The van der Waals surface area contributed by atoms with Crippen molar-refractivity contribution in [2.24, 2.45) is 0 Å². The van der Waals surface area contributed by atoms with Gasteiger partial charge in [0.15, 0.2) is 0 Å². The molecule has 5 nitrogen and oxygen atoms in total. The SMILES string of the molecule is CCOc1ccc(S(=O)(=O)NCC[NH+](CC)CC)cc1. The van der Waals surface area contributed by atoms with Crippen molar-refractivity contribution in [3.8, 4) is 5.75 Å². The molecule has 1 rings (SSSR count). The van der Waals surface area contributed by atoms with Gasteiger partial charge in [0.05, 0.1) is 37.7 Å². The van der Waals surface area contributed by atoms with Gasteiger partial charge in [0.2, 0.25) is 10.0 Å². The van der Waals surface area contributed by atoms with E-state index in [0.717, 1.165) is 19.6 Å². The van der Waals surface area contributed by atoms with Gasteiger partial charge in [-0.15, -0.1) is 0 Å². The number of quaternary nitrogens is 1. The van der Waals surface area contributed by atoms with Crippen LogP contribution in [0.4, 0.5) is 0 Å². The Hall–Kier alpha value is -1.11. The third kappa shape index (κ3) is 5.11. The first-order valence-electron chi connectivity index (χ1n) is 7.09. The van der Waals surface area contributed by atoms with E-state index in [-0.39, 0.29) is 4.90 Å². The third-order valence-electron chi connectivity index (χ3n) is 3.22. The standard InChI is InChI=1S/C14H24N2O3S/c1-4-16(5-2)12-11-15-20(17,18)14-9-7-13(8-10-14)19-6-3/h7-10,15H,4-6,11-12H2,1-3H3/p+1. The Labute approximate surface area is 122 Å². The fraction of sp³-hybridized carbons (Fsp3) is 0.571. The molecule has 0 saturated carbocycles. The lowest BCUT2D eigenvalue weighted by molar-refractivity contribution is -0.895. The van der Waals surface area contributed by atoms with Crippen LogP contribution in [0.2, 0.25) is 0 Å². The van der Waals surface area contributed by atoms with Crippen molar-refractivity contribution < 1.29 is 18.1 Å². The number of nitrogens with one attached hydrogen (secondary N) is 2. The fourth-order valence-corrected chi connectivity index (χ4v) is 2.96. The summed E-state index contributed by atoms with van der Waals surface area (Å²) in [5.74, 6) is 0.680. The highest BCUT2D eigenvalue weighted by Gasteiger charge is 2.14. The van der Waals surface area contributed by atoms with Crippen LogP contribution in [0.15, 0.2) is 29.2 Å². The summed E-state index contributed by atoms with van der Waals surface area (Å²) in [6, 6.07) is 6.48. The van der Waals surface area contributed by atoms with E-state index < -0.39 is 10.0 Å². The molecule has 0 aliphatic carbocycles. The minimum absolute atomic E-state index is 0.274. The average molecular weight is 301 g/mol. The van der Waals surface area contributed by atoms with Crippen LogP contribution < -0.4 is 14.4 Å². The summed E-state index contributed by atoms with van der Waals surface area (Å²) < 4.78 is 32.1. The van der Waals surface area contributed by atoms with Crippen LogP contribution in [0.5, 0.6) is 5.75 Å². The lowest BCUT2D eigenvalue weighted by Gasteiger charge is -2.15. The van der Waals surface area contributed by atoms with E-state index in [1.165, 1.54) is 4.90 Å². The van der Waals surface area contributed by atoms with Gasteiger partial charge < -0.3 is 9.64 Å². The summed E-state index contributed by atoms with van der Waals surface area (Å²) in [5.41, 5.74) is 0. The van der Waals surface area contributed by atoms with Crippen molar-refractivity contribution in [1.29, 1.82) is 0 Å². The van der Waals surface area contributed by atoms with E-state index in [1.807, 2.05) is 6.92 Å². The number of rotatable bonds is 9. The molecule has 1 aromatic carbocycles. The molecule has 20 heavy (non-hydrogen) atoms. The number of ether oxygens (including phenoxy) is 1. The van der Waals surface area contributed by atoms with Gasteiger partial charge in [-0.1, -0.05) is 0 Å².